The fraction of sp³-hybridized carbons (Fsp3) is 0.375. The highest BCUT2D eigenvalue weighted by Gasteiger charge is 2.66. The largest absolute Gasteiger partial charge is 0.497 e. The van der Waals surface area contributed by atoms with Gasteiger partial charge < -0.3 is 14.9 Å². The van der Waals surface area contributed by atoms with Gasteiger partial charge in [-0.1, -0.05) is 18.2 Å². The van der Waals surface area contributed by atoms with Gasteiger partial charge in [-0.05, 0) is 42.5 Å². The van der Waals surface area contributed by atoms with Gasteiger partial charge in [0.05, 0.1) is 12.5 Å². The quantitative estimate of drug-likeness (QED) is 0.831. The molecule has 0 radical (unpaired) electrons. The monoisotopic (exact) mass is 288 g/mol. The van der Waals surface area contributed by atoms with E-state index in [0.29, 0.717) is 11.3 Å². The van der Waals surface area contributed by atoms with Crippen LogP contribution in [0.1, 0.15) is 24.0 Å². The highest BCUT2D eigenvalue weighted by Crippen LogP contribution is 2.58. The van der Waals surface area contributed by atoms with E-state index in [0.717, 1.165) is 5.56 Å². The van der Waals surface area contributed by atoms with Gasteiger partial charge in [-0.15, -0.1) is 0 Å². The maximum Gasteiger partial charge on any atom is 0.315 e. The molecule has 1 aromatic rings. The Balaban J connectivity index is 2.32. The van der Waals surface area contributed by atoms with Crippen LogP contribution in [-0.2, 0) is 21.4 Å². The summed E-state index contributed by atoms with van der Waals surface area (Å²) in [6.07, 6.45) is 4.20. The number of hydrogen-bond donors (Lipinski definition) is 2. The summed E-state index contributed by atoms with van der Waals surface area (Å²) in [6.45, 7) is 0. The maximum absolute atomic E-state index is 12.1. The van der Waals surface area contributed by atoms with Crippen molar-refractivity contribution in [2.45, 2.75) is 24.7 Å². The first-order valence-corrected chi connectivity index (χ1v) is 6.77. The van der Waals surface area contributed by atoms with Gasteiger partial charge in [-0.2, -0.15) is 0 Å². The van der Waals surface area contributed by atoms with E-state index < -0.39 is 22.8 Å². The molecule has 0 saturated carbocycles. The minimum Gasteiger partial charge on any atom is -0.497 e. The highest BCUT2D eigenvalue weighted by atomic mass is 16.5. The summed E-state index contributed by atoms with van der Waals surface area (Å²) in [4.78, 5) is 24.1. The van der Waals surface area contributed by atoms with Crippen molar-refractivity contribution < 1.29 is 24.5 Å². The molecule has 0 saturated heterocycles. The number of fused-ring (bicyclic) bond motifs is 3. The lowest BCUT2D eigenvalue weighted by Gasteiger charge is -2.41. The Hall–Kier alpha value is -2.30. The Morgan fingerprint density at radius 3 is 2.48 bits per heavy atom. The Bertz CT molecular complexity index is 663. The third-order valence-corrected chi connectivity index (χ3v) is 4.92. The molecule has 0 aliphatic heterocycles. The number of hydrogen-bond acceptors (Lipinski definition) is 3. The number of aliphatic carboxylic acids is 2. The zero-order chi connectivity index (χ0) is 15.3. The van der Waals surface area contributed by atoms with E-state index in [4.69, 9.17) is 4.74 Å². The summed E-state index contributed by atoms with van der Waals surface area (Å²) < 4.78 is 5.18. The lowest BCUT2D eigenvalue weighted by Crippen LogP contribution is -2.54. The number of rotatable bonds is 3. The number of carboxylic acid groups (broad SMARTS) is 2. The van der Waals surface area contributed by atoms with E-state index >= 15 is 0 Å². The standard InChI is InChI=1S/C16H16O5/c1-21-11-5-4-10-9-15(13(17)18)6-2-3-7-16(15,14(19)20)12(10)8-11/h2-5,8H,6-7,9H2,1H3,(H,17,18)(H,19,20)/t15-,16+/m1/s1. The van der Waals surface area contributed by atoms with Crippen LogP contribution in [0.3, 0.4) is 0 Å². The minimum atomic E-state index is -1.42. The van der Waals surface area contributed by atoms with Crippen molar-refractivity contribution in [1.82, 2.24) is 0 Å². The molecular weight excluding hydrogens is 272 g/mol. The Labute approximate surface area is 121 Å². The molecule has 2 atom stereocenters. The Morgan fingerprint density at radius 1 is 1.14 bits per heavy atom. The van der Waals surface area contributed by atoms with Crippen LogP contribution in [0.25, 0.3) is 0 Å². The number of methoxy groups -OCH3 is 1. The van der Waals surface area contributed by atoms with Crippen LogP contribution in [0.2, 0.25) is 0 Å². The molecule has 3 rings (SSSR count). The second-order valence-electron chi connectivity index (χ2n) is 5.68. The molecule has 1 aromatic carbocycles. The Morgan fingerprint density at radius 2 is 1.86 bits per heavy atom. The SMILES string of the molecule is COc1ccc2c(c1)[C@]1(C(=O)O)CC=CC[C@]1(C(=O)O)C2. The first-order chi connectivity index (χ1) is 9.98. The maximum atomic E-state index is 12.1. The van der Waals surface area contributed by atoms with Crippen LogP contribution >= 0.6 is 0 Å². The molecule has 2 aliphatic rings. The van der Waals surface area contributed by atoms with Gasteiger partial charge in [-0.3, -0.25) is 9.59 Å². The first-order valence-electron chi connectivity index (χ1n) is 6.77. The number of carbonyl (C=O) groups is 2. The summed E-state index contributed by atoms with van der Waals surface area (Å²) in [6, 6.07) is 5.20. The molecular formula is C16H16O5. The van der Waals surface area contributed by atoms with Crippen LogP contribution in [0, 0.1) is 5.41 Å². The zero-order valence-electron chi connectivity index (χ0n) is 11.6. The van der Waals surface area contributed by atoms with Gasteiger partial charge in [-0.25, -0.2) is 0 Å². The second-order valence-corrected chi connectivity index (χ2v) is 5.68. The van der Waals surface area contributed by atoms with Crippen molar-refractivity contribution in [3.8, 4) is 5.75 Å². The molecule has 5 heteroatoms. The number of carboxylic acids is 2. The van der Waals surface area contributed by atoms with Gasteiger partial charge >= 0.3 is 11.9 Å². The van der Waals surface area contributed by atoms with Gasteiger partial charge in [0.25, 0.3) is 0 Å². The molecule has 0 heterocycles. The van der Waals surface area contributed by atoms with E-state index in [-0.39, 0.29) is 19.3 Å². The molecule has 5 nitrogen and oxygen atoms in total. The molecule has 0 spiro atoms. The van der Waals surface area contributed by atoms with E-state index in [1.54, 1.807) is 30.4 Å². The molecule has 0 fully saturated rings. The third kappa shape index (κ3) is 1.51. The zero-order valence-corrected chi connectivity index (χ0v) is 11.6. The van der Waals surface area contributed by atoms with E-state index in [1.807, 2.05) is 0 Å². The molecule has 110 valence electrons. The number of benzene rings is 1. The fourth-order valence-electron chi connectivity index (χ4n) is 3.82. The second kappa shape index (κ2) is 4.35. The Kier molecular flexibility index (Phi) is 2.83. The van der Waals surface area contributed by atoms with Gasteiger partial charge in [0, 0.05) is 0 Å². The van der Waals surface area contributed by atoms with Gasteiger partial charge in [0.1, 0.15) is 11.2 Å². The van der Waals surface area contributed by atoms with Crippen molar-refractivity contribution in [3.63, 3.8) is 0 Å². The van der Waals surface area contributed by atoms with E-state index in [9.17, 15) is 19.8 Å². The average molecular weight is 288 g/mol. The summed E-state index contributed by atoms with van der Waals surface area (Å²) in [5.74, 6) is -1.59. The summed E-state index contributed by atoms with van der Waals surface area (Å²) >= 11 is 0. The van der Waals surface area contributed by atoms with E-state index in [1.165, 1.54) is 7.11 Å². The average Bonchev–Trinajstić information content (AvgIpc) is 2.79. The predicted octanol–water partition coefficient (Wildman–Crippen LogP) is 1.99. The molecule has 21 heavy (non-hydrogen) atoms. The lowest BCUT2D eigenvalue weighted by atomic mass is 9.58. The van der Waals surface area contributed by atoms with E-state index in [2.05, 4.69) is 0 Å². The van der Waals surface area contributed by atoms with Crippen LogP contribution in [0.15, 0.2) is 30.4 Å². The third-order valence-electron chi connectivity index (χ3n) is 4.92. The summed E-state index contributed by atoms with van der Waals surface area (Å²) in [5.41, 5.74) is -1.38. The summed E-state index contributed by atoms with van der Waals surface area (Å²) in [7, 11) is 1.51. The van der Waals surface area contributed by atoms with Crippen LogP contribution < -0.4 is 4.74 Å². The molecule has 0 bridgehead atoms. The topological polar surface area (TPSA) is 83.8 Å². The van der Waals surface area contributed by atoms with Crippen molar-refractivity contribution in [2.75, 3.05) is 7.11 Å². The molecule has 0 aromatic heterocycles. The normalized spacial score (nSPS) is 29.6. The lowest BCUT2D eigenvalue weighted by molar-refractivity contribution is -0.165. The van der Waals surface area contributed by atoms with Crippen molar-refractivity contribution in [3.05, 3.63) is 41.5 Å². The van der Waals surface area contributed by atoms with Crippen molar-refractivity contribution in [1.29, 1.82) is 0 Å². The van der Waals surface area contributed by atoms with Crippen molar-refractivity contribution in [2.24, 2.45) is 5.41 Å². The van der Waals surface area contributed by atoms with Crippen LogP contribution in [0.4, 0.5) is 0 Å². The van der Waals surface area contributed by atoms with Crippen LogP contribution in [-0.4, -0.2) is 29.3 Å². The number of allylic oxidation sites excluding steroid dienone is 2. The molecule has 0 amide bonds. The van der Waals surface area contributed by atoms with Crippen LogP contribution in [0.5, 0.6) is 5.75 Å². The highest BCUT2D eigenvalue weighted by molar-refractivity contribution is 5.95. The summed E-state index contributed by atoms with van der Waals surface area (Å²) in [5, 5.41) is 19.7. The molecule has 2 aliphatic carbocycles. The van der Waals surface area contributed by atoms with Gasteiger partial charge in [0.15, 0.2) is 0 Å². The minimum absolute atomic E-state index is 0.189. The first kappa shape index (κ1) is 13.7. The van der Waals surface area contributed by atoms with Crippen molar-refractivity contribution >= 4 is 11.9 Å². The smallest absolute Gasteiger partial charge is 0.315 e. The predicted molar refractivity (Wildman–Crippen MR) is 74.5 cm³/mol. The fourth-order valence-corrected chi connectivity index (χ4v) is 3.82. The molecule has 0 unspecified atom stereocenters. The molecule has 2 N–H and O–H groups in total. The van der Waals surface area contributed by atoms with Gasteiger partial charge in [0.2, 0.25) is 0 Å². The number of ether oxygens (including phenoxy) is 1.